The molecule has 0 atom stereocenters. The van der Waals surface area contributed by atoms with Crippen LogP contribution in [0.1, 0.15) is 19.8 Å². The lowest BCUT2D eigenvalue weighted by molar-refractivity contribution is -0.137. The van der Waals surface area contributed by atoms with E-state index in [0.29, 0.717) is 19.4 Å². The van der Waals surface area contributed by atoms with Gasteiger partial charge in [-0.3, -0.25) is 4.18 Å². The molecule has 0 aliphatic carbocycles. The van der Waals surface area contributed by atoms with Crippen LogP contribution in [-0.4, -0.2) is 33.9 Å². The monoisotopic (exact) mass is 236 g/mol. The molecule has 6 heteroatoms. The number of rotatable bonds is 7. The molecule has 0 aromatic carbocycles. The highest BCUT2D eigenvalue weighted by molar-refractivity contribution is 7.85. The summed E-state index contributed by atoms with van der Waals surface area (Å²) in [6.45, 7) is 2.21. The Bertz CT molecular complexity index is 304. The molecule has 0 aromatic rings. The van der Waals surface area contributed by atoms with E-state index in [9.17, 15) is 13.2 Å². The molecule has 0 aliphatic heterocycles. The molecule has 5 nitrogen and oxygen atoms in total. The van der Waals surface area contributed by atoms with Crippen LogP contribution in [0.2, 0.25) is 0 Å². The summed E-state index contributed by atoms with van der Waals surface area (Å²) in [5, 5.41) is 0. The second-order valence-corrected chi connectivity index (χ2v) is 4.47. The molecular weight excluding hydrogens is 220 g/mol. The van der Waals surface area contributed by atoms with Crippen LogP contribution < -0.4 is 0 Å². The zero-order valence-corrected chi connectivity index (χ0v) is 9.75. The number of carbonyl (C=O) groups is 1. The Hall–Kier alpha value is -0.880. The zero-order valence-electron chi connectivity index (χ0n) is 8.93. The lowest BCUT2D eigenvalue weighted by Gasteiger charge is -1.98. The molecule has 0 N–H and O–H groups in total. The van der Waals surface area contributed by atoms with E-state index in [1.54, 1.807) is 13.0 Å². The quantitative estimate of drug-likeness (QED) is 0.284. The van der Waals surface area contributed by atoms with E-state index >= 15 is 0 Å². The van der Waals surface area contributed by atoms with Gasteiger partial charge >= 0.3 is 5.97 Å². The van der Waals surface area contributed by atoms with E-state index in [4.69, 9.17) is 0 Å². The molecule has 0 rings (SSSR count). The van der Waals surface area contributed by atoms with Crippen LogP contribution in [0, 0.1) is 0 Å². The Morgan fingerprint density at radius 3 is 2.60 bits per heavy atom. The van der Waals surface area contributed by atoms with Crippen molar-refractivity contribution in [2.45, 2.75) is 19.8 Å². The van der Waals surface area contributed by atoms with Crippen molar-refractivity contribution in [1.82, 2.24) is 0 Å². The van der Waals surface area contributed by atoms with Crippen molar-refractivity contribution < 1.29 is 22.1 Å². The fourth-order valence-corrected chi connectivity index (χ4v) is 1.20. The number of esters is 1. The SMILES string of the molecule is CCOC(=O)C=CCCCOS(C)(=O)=O. The number of ether oxygens (including phenoxy) is 1. The van der Waals surface area contributed by atoms with Gasteiger partial charge < -0.3 is 4.74 Å². The Labute approximate surface area is 90.2 Å². The molecule has 88 valence electrons. The molecule has 0 fully saturated rings. The predicted octanol–water partition coefficient (Wildman–Crippen LogP) is 0.862. The van der Waals surface area contributed by atoms with Crippen molar-refractivity contribution in [1.29, 1.82) is 0 Å². The maximum atomic E-state index is 10.8. The Kier molecular flexibility index (Phi) is 6.98. The first-order chi connectivity index (χ1) is 6.95. The maximum absolute atomic E-state index is 10.8. The molecule has 0 unspecified atom stereocenters. The summed E-state index contributed by atoms with van der Waals surface area (Å²) < 4.78 is 30.2. The van der Waals surface area contributed by atoms with Gasteiger partial charge in [0.2, 0.25) is 0 Å². The Morgan fingerprint density at radius 1 is 1.40 bits per heavy atom. The molecule has 15 heavy (non-hydrogen) atoms. The van der Waals surface area contributed by atoms with Gasteiger partial charge in [0.15, 0.2) is 0 Å². The number of unbranched alkanes of at least 4 members (excludes halogenated alkanes) is 1. The van der Waals surface area contributed by atoms with E-state index in [1.807, 2.05) is 0 Å². The number of allylic oxidation sites excluding steroid dienone is 1. The van der Waals surface area contributed by atoms with Crippen molar-refractivity contribution in [3.8, 4) is 0 Å². The first-order valence-corrected chi connectivity index (χ1v) is 6.45. The second-order valence-electron chi connectivity index (χ2n) is 2.82. The van der Waals surface area contributed by atoms with Gasteiger partial charge in [-0.05, 0) is 19.8 Å². The molecule has 0 bridgehead atoms. The van der Waals surface area contributed by atoms with Crippen molar-refractivity contribution >= 4 is 16.1 Å². The van der Waals surface area contributed by atoms with Crippen molar-refractivity contribution in [3.05, 3.63) is 12.2 Å². The van der Waals surface area contributed by atoms with E-state index in [0.717, 1.165) is 6.26 Å². The van der Waals surface area contributed by atoms with Crippen molar-refractivity contribution in [2.24, 2.45) is 0 Å². The highest BCUT2D eigenvalue weighted by Gasteiger charge is 1.99. The second kappa shape index (κ2) is 7.42. The molecule has 0 saturated carbocycles. The lowest BCUT2D eigenvalue weighted by Crippen LogP contribution is -2.03. The van der Waals surface area contributed by atoms with Crippen LogP contribution in [0.4, 0.5) is 0 Å². The zero-order chi connectivity index (χ0) is 11.7. The molecule has 0 saturated heterocycles. The lowest BCUT2D eigenvalue weighted by atomic mass is 10.3. The standard InChI is InChI=1S/C9H16O5S/c1-3-13-9(10)7-5-4-6-8-14-15(2,11)12/h5,7H,3-4,6,8H2,1-2H3. The van der Waals surface area contributed by atoms with E-state index in [2.05, 4.69) is 8.92 Å². The van der Waals surface area contributed by atoms with E-state index in [-0.39, 0.29) is 12.6 Å². The van der Waals surface area contributed by atoms with Gasteiger partial charge in [0.05, 0.1) is 19.5 Å². The van der Waals surface area contributed by atoms with Crippen molar-refractivity contribution in [2.75, 3.05) is 19.5 Å². The summed E-state index contributed by atoms with van der Waals surface area (Å²) >= 11 is 0. The van der Waals surface area contributed by atoms with Gasteiger partial charge in [0, 0.05) is 6.08 Å². The molecule has 0 spiro atoms. The highest BCUT2D eigenvalue weighted by atomic mass is 32.2. The number of carbonyl (C=O) groups excluding carboxylic acids is 1. The average Bonchev–Trinajstić information content (AvgIpc) is 2.09. The minimum absolute atomic E-state index is 0.131. The summed E-state index contributed by atoms with van der Waals surface area (Å²) in [7, 11) is -3.35. The average molecular weight is 236 g/mol. The van der Waals surface area contributed by atoms with Crippen LogP contribution in [0.25, 0.3) is 0 Å². The minimum atomic E-state index is -3.35. The van der Waals surface area contributed by atoms with Gasteiger partial charge in [-0.2, -0.15) is 8.42 Å². The topological polar surface area (TPSA) is 69.7 Å². The van der Waals surface area contributed by atoms with Gasteiger partial charge in [0.25, 0.3) is 10.1 Å². The third kappa shape index (κ3) is 11.0. The first kappa shape index (κ1) is 14.1. The smallest absolute Gasteiger partial charge is 0.330 e. The molecule has 0 radical (unpaired) electrons. The summed E-state index contributed by atoms with van der Waals surface area (Å²) in [6, 6.07) is 0. The largest absolute Gasteiger partial charge is 0.463 e. The van der Waals surface area contributed by atoms with E-state index in [1.165, 1.54) is 6.08 Å². The minimum Gasteiger partial charge on any atom is -0.463 e. The van der Waals surface area contributed by atoms with Crippen LogP contribution in [-0.2, 0) is 23.8 Å². The van der Waals surface area contributed by atoms with Gasteiger partial charge in [-0.25, -0.2) is 4.79 Å². The highest BCUT2D eigenvalue weighted by Crippen LogP contribution is 1.95. The predicted molar refractivity (Wildman–Crippen MR) is 55.8 cm³/mol. The molecule has 0 aromatic heterocycles. The third-order valence-electron chi connectivity index (χ3n) is 1.35. The fraction of sp³-hybridized carbons (Fsp3) is 0.667. The van der Waals surface area contributed by atoms with Gasteiger partial charge in [0.1, 0.15) is 0 Å². The Morgan fingerprint density at radius 2 is 2.07 bits per heavy atom. The van der Waals surface area contributed by atoms with E-state index < -0.39 is 10.1 Å². The third-order valence-corrected chi connectivity index (χ3v) is 1.95. The summed E-state index contributed by atoms with van der Waals surface area (Å²) in [5.74, 6) is -0.387. The summed E-state index contributed by atoms with van der Waals surface area (Å²) in [6.07, 6.45) is 5.08. The van der Waals surface area contributed by atoms with Crippen molar-refractivity contribution in [3.63, 3.8) is 0 Å². The maximum Gasteiger partial charge on any atom is 0.330 e. The van der Waals surface area contributed by atoms with Crippen LogP contribution in [0.15, 0.2) is 12.2 Å². The van der Waals surface area contributed by atoms with Crippen LogP contribution >= 0.6 is 0 Å². The normalized spacial score (nSPS) is 11.9. The summed E-state index contributed by atoms with van der Waals surface area (Å²) in [4.78, 5) is 10.8. The van der Waals surface area contributed by atoms with Crippen LogP contribution in [0.3, 0.4) is 0 Å². The molecule has 0 heterocycles. The molecular formula is C9H16O5S. The fourth-order valence-electron chi connectivity index (χ4n) is 0.781. The number of hydrogen-bond donors (Lipinski definition) is 0. The van der Waals surface area contributed by atoms with Gasteiger partial charge in [-0.15, -0.1) is 0 Å². The van der Waals surface area contributed by atoms with Crippen LogP contribution in [0.5, 0.6) is 0 Å². The number of hydrogen-bond acceptors (Lipinski definition) is 5. The summed E-state index contributed by atoms with van der Waals surface area (Å²) in [5.41, 5.74) is 0. The first-order valence-electron chi connectivity index (χ1n) is 4.63. The Balaban J connectivity index is 3.50. The molecule has 0 aliphatic rings. The van der Waals surface area contributed by atoms with Gasteiger partial charge in [-0.1, -0.05) is 6.08 Å². The molecule has 0 amide bonds.